The molecule has 0 fully saturated rings. The number of hydrogen-bond acceptors (Lipinski definition) is 3. The maximum atomic E-state index is 11.9. The molecule has 0 unspecified atom stereocenters. The van der Waals surface area contributed by atoms with Crippen LogP contribution in [0.4, 0.5) is 4.79 Å². The Bertz CT molecular complexity index is 437. The summed E-state index contributed by atoms with van der Waals surface area (Å²) in [4.78, 5) is 11.9. The summed E-state index contributed by atoms with van der Waals surface area (Å²) in [6, 6.07) is 9.97. The number of hydrogen-bond donors (Lipinski definition) is 1. The summed E-state index contributed by atoms with van der Waals surface area (Å²) in [5.74, 6) is 0.472. The summed E-state index contributed by atoms with van der Waals surface area (Å²) >= 11 is 0. The molecular weight excluding hydrogens is 278 g/mol. The van der Waals surface area contributed by atoms with E-state index in [-0.39, 0.29) is 12.1 Å². The van der Waals surface area contributed by atoms with E-state index in [1.165, 1.54) is 0 Å². The third-order valence-electron chi connectivity index (χ3n) is 2.91. The Morgan fingerprint density at radius 2 is 1.82 bits per heavy atom. The first-order chi connectivity index (χ1) is 10.3. The van der Waals surface area contributed by atoms with Gasteiger partial charge in [0.05, 0.1) is 19.3 Å². The predicted octanol–water partition coefficient (Wildman–Crippen LogP) is 4.14. The highest BCUT2D eigenvalue weighted by atomic mass is 16.6. The molecule has 0 aliphatic rings. The largest absolute Gasteiger partial charge is 0.444 e. The summed E-state index contributed by atoms with van der Waals surface area (Å²) in [6.07, 6.45) is 0.468. The number of alkyl carbamates (subject to hydrolysis) is 1. The van der Waals surface area contributed by atoms with Crippen molar-refractivity contribution in [1.29, 1.82) is 0 Å². The molecule has 0 aromatic heterocycles. The van der Waals surface area contributed by atoms with Gasteiger partial charge in [-0.15, -0.1) is 0 Å². The molecule has 0 aliphatic carbocycles. The Balaban J connectivity index is 2.44. The third kappa shape index (κ3) is 8.67. The van der Waals surface area contributed by atoms with Crippen molar-refractivity contribution in [3.05, 3.63) is 35.9 Å². The average Bonchev–Trinajstić information content (AvgIpc) is 2.36. The molecular formula is C18H29NO3. The zero-order chi connectivity index (χ0) is 16.6. The first-order valence-corrected chi connectivity index (χ1v) is 7.87. The van der Waals surface area contributed by atoms with Crippen LogP contribution >= 0.6 is 0 Å². The van der Waals surface area contributed by atoms with Gasteiger partial charge >= 0.3 is 6.09 Å². The van der Waals surface area contributed by atoms with Crippen LogP contribution < -0.4 is 5.32 Å². The van der Waals surface area contributed by atoms with Crippen LogP contribution in [0, 0.1) is 5.92 Å². The number of nitrogens with one attached hydrogen (secondary N) is 1. The van der Waals surface area contributed by atoms with E-state index < -0.39 is 5.60 Å². The van der Waals surface area contributed by atoms with E-state index in [9.17, 15) is 4.79 Å². The van der Waals surface area contributed by atoms with Crippen LogP contribution in [0.25, 0.3) is 0 Å². The number of carbonyl (C=O) groups is 1. The summed E-state index contributed by atoms with van der Waals surface area (Å²) in [5.41, 5.74) is 0.639. The maximum absolute atomic E-state index is 11.9. The molecule has 1 atom stereocenters. The van der Waals surface area contributed by atoms with Gasteiger partial charge in [0.15, 0.2) is 0 Å². The van der Waals surface area contributed by atoms with E-state index in [0.29, 0.717) is 19.1 Å². The zero-order valence-electron chi connectivity index (χ0n) is 14.4. The lowest BCUT2D eigenvalue weighted by Crippen LogP contribution is -2.42. The number of amides is 1. The molecule has 4 nitrogen and oxygen atoms in total. The van der Waals surface area contributed by atoms with Gasteiger partial charge < -0.3 is 14.8 Å². The topological polar surface area (TPSA) is 47.6 Å². The number of carbonyl (C=O) groups excluding carboxylic acids is 1. The minimum Gasteiger partial charge on any atom is -0.444 e. The highest BCUT2D eigenvalue weighted by Crippen LogP contribution is 2.10. The SMILES string of the molecule is CC(C)C[C@@H](COCc1ccccc1)NC(=O)OC(C)(C)C. The van der Waals surface area contributed by atoms with E-state index in [1.807, 2.05) is 51.1 Å². The van der Waals surface area contributed by atoms with Crippen LogP contribution in [-0.2, 0) is 16.1 Å². The molecule has 4 heteroatoms. The highest BCUT2D eigenvalue weighted by Gasteiger charge is 2.20. The highest BCUT2D eigenvalue weighted by molar-refractivity contribution is 5.68. The van der Waals surface area contributed by atoms with Crippen LogP contribution in [0.1, 0.15) is 46.6 Å². The third-order valence-corrected chi connectivity index (χ3v) is 2.91. The van der Waals surface area contributed by atoms with Gasteiger partial charge in [-0.2, -0.15) is 0 Å². The second kappa shape index (κ2) is 8.79. The normalized spacial score (nSPS) is 13.0. The molecule has 0 saturated heterocycles. The fourth-order valence-corrected chi connectivity index (χ4v) is 2.11. The van der Waals surface area contributed by atoms with Crippen molar-refractivity contribution in [1.82, 2.24) is 5.32 Å². The van der Waals surface area contributed by atoms with E-state index in [2.05, 4.69) is 19.2 Å². The van der Waals surface area contributed by atoms with Crippen LogP contribution in [0.5, 0.6) is 0 Å². The lowest BCUT2D eigenvalue weighted by atomic mass is 10.0. The Labute approximate surface area is 134 Å². The molecule has 124 valence electrons. The van der Waals surface area contributed by atoms with Gasteiger partial charge in [0.2, 0.25) is 0 Å². The fourth-order valence-electron chi connectivity index (χ4n) is 2.11. The van der Waals surface area contributed by atoms with E-state index in [0.717, 1.165) is 12.0 Å². The molecule has 0 saturated carbocycles. The lowest BCUT2D eigenvalue weighted by molar-refractivity contribution is 0.0412. The van der Waals surface area contributed by atoms with Crippen LogP contribution in [0.15, 0.2) is 30.3 Å². The summed E-state index contributed by atoms with van der Waals surface area (Å²) < 4.78 is 11.1. The molecule has 0 heterocycles. The van der Waals surface area contributed by atoms with Crippen molar-refractivity contribution >= 4 is 6.09 Å². The van der Waals surface area contributed by atoms with Gasteiger partial charge in [0.25, 0.3) is 0 Å². The van der Waals surface area contributed by atoms with Gasteiger partial charge in [-0.05, 0) is 38.7 Å². The lowest BCUT2D eigenvalue weighted by Gasteiger charge is -2.24. The average molecular weight is 307 g/mol. The maximum Gasteiger partial charge on any atom is 0.407 e. The summed E-state index contributed by atoms with van der Waals surface area (Å²) in [6.45, 7) is 10.8. The summed E-state index contributed by atoms with van der Waals surface area (Å²) in [5, 5.41) is 2.91. The first-order valence-electron chi connectivity index (χ1n) is 7.87. The van der Waals surface area contributed by atoms with Gasteiger partial charge in [-0.3, -0.25) is 0 Å². The van der Waals surface area contributed by atoms with Crippen molar-refractivity contribution in [3.63, 3.8) is 0 Å². The molecule has 1 aromatic rings. The number of benzene rings is 1. The zero-order valence-corrected chi connectivity index (χ0v) is 14.4. The van der Waals surface area contributed by atoms with Crippen LogP contribution in [-0.4, -0.2) is 24.3 Å². The number of rotatable bonds is 7. The minimum absolute atomic E-state index is 0.0430. The first kappa shape index (κ1) is 18.5. The molecule has 0 bridgehead atoms. The Morgan fingerprint density at radius 1 is 1.18 bits per heavy atom. The second-order valence-electron chi connectivity index (χ2n) is 6.97. The molecule has 0 spiro atoms. The van der Waals surface area contributed by atoms with Gasteiger partial charge in [0.1, 0.15) is 5.60 Å². The van der Waals surface area contributed by atoms with E-state index in [4.69, 9.17) is 9.47 Å². The minimum atomic E-state index is -0.489. The molecule has 1 rings (SSSR count). The van der Waals surface area contributed by atoms with Crippen molar-refractivity contribution < 1.29 is 14.3 Å². The standard InChI is InChI=1S/C18H29NO3/c1-14(2)11-16(19-17(20)22-18(3,4)5)13-21-12-15-9-7-6-8-10-15/h6-10,14,16H,11-13H2,1-5H3,(H,19,20)/t16-/m0/s1. The van der Waals surface area contributed by atoms with Gasteiger partial charge in [-0.25, -0.2) is 4.79 Å². The quantitative estimate of drug-likeness (QED) is 0.823. The van der Waals surface area contributed by atoms with E-state index >= 15 is 0 Å². The Hall–Kier alpha value is -1.55. The van der Waals surface area contributed by atoms with Crippen LogP contribution in [0.2, 0.25) is 0 Å². The van der Waals surface area contributed by atoms with Crippen molar-refractivity contribution in [2.75, 3.05) is 6.61 Å². The van der Waals surface area contributed by atoms with Gasteiger partial charge in [0, 0.05) is 0 Å². The van der Waals surface area contributed by atoms with Crippen molar-refractivity contribution in [2.24, 2.45) is 5.92 Å². The Morgan fingerprint density at radius 3 is 2.36 bits per heavy atom. The molecule has 0 radical (unpaired) electrons. The monoisotopic (exact) mass is 307 g/mol. The van der Waals surface area contributed by atoms with Crippen molar-refractivity contribution in [3.8, 4) is 0 Å². The summed E-state index contributed by atoms with van der Waals surface area (Å²) in [7, 11) is 0. The second-order valence-corrected chi connectivity index (χ2v) is 6.97. The predicted molar refractivity (Wildman–Crippen MR) is 88.7 cm³/mol. The molecule has 0 aliphatic heterocycles. The van der Waals surface area contributed by atoms with E-state index in [1.54, 1.807) is 0 Å². The van der Waals surface area contributed by atoms with Gasteiger partial charge in [-0.1, -0.05) is 44.2 Å². The number of ether oxygens (including phenoxy) is 2. The fraction of sp³-hybridized carbons (Fsp3) is 0.611. The smallest absolute Gasteiger partial charge is 0.407 e. The molecule has 1 aromatic carbocycles. The molecule has 1 amide bonds. The molecule has 22 heavy (non-hydrogen) atoms. The Kier molecular flexibility index (Phi) is 7.39. The molecule has 1 N–H and O–H groups in total. The van der Waals surface area contributed by atoms with Crippen molar-refractivity contribution in [2.45, 2.75) is 59.3 Å². The van der Waals surface area contributed by atoms with Crippen LogP contribution in [0.3, 0.4) is 0 Å².